The van der Waals surface area contributed by atoms with Crippen molar-refractivity contribution in [3.8, 4) is 0 Å². The normalized spacial score (nSPS) is 25.0. The monoisotopic (exact) mass is 308 g/mol. The van der Waals surface area contributed by atoms with Crippen LogP contribution in [-0.4, -0.2) is 37.2 Å². The van der Waals surface area contributed by atoms with E-state index in [2.05, 4.69) is 0 Å². The van der Waals surface area contributed by atoms with Crippen molar-refractivity contribution in [2.24, 2.45) is 0 Å². The van der Waals surface area contributed by atoms with Crippen LogP contribution < -0.4 is 0 Å². The Morgan fingerprint density at radius 2 is 2.00 bits per heavy atom. The quantitative estimate of drug-likeness (QED) is 0.420. The van der Waals surface area contributed by atoms with Gasteiger partial charge in [0.25, 0.3) is 0 Å². The first-order valence-electron chi connectivity index (χ1n) is 7.54. The molecule has 1 aliphatic heterocycles. The van der Waals surface area contributed by atoms with Gasteiger partial charge in [0.1, 0.15) is 19.2 Å². The number of benzene rings is 1. The molecule has 1 saturated heterocycles. The van der Waals surface area contributed by atoms with Crippen molar-refractivity contribution < 1.29 is 23.7 Å². The fourth-order valence-corrected chi connectivity index (χ4v) is 2.51. The number of rotatable bonds is 8. The molecule has 0 unspecified atom stereocenters. The van der Waals surface area contributed by atoms with Gasteiger partial charge in [-0.15, -0.1) is 0 Å². The van der Waals surface area contributed by atoms with Crippen LogP contribution in [0.25, 0.3) is 0 Å². The number of ether oxygens (including phenoxy) is 4. The zero-order valence-electron chi connectivity index (χ0n) is 13.4. The molecule has 2 rings (SSSR count). The summed E-state index contributed by atoms with van der Waals surface area (Å²) in [6.07, 6.45) is 0.474. The molecule has 0 N–H and O–H groups in total. The molecule has 0 radical (unpaired) electrons. The summed E-state index contributed by atoms with van der Waals surface area (Å²) in [5, 5.41) is 0. The van der Waals surface area contributed by atoms with Crippen LogP contribution >= 0.6 is 0 Å². The van der Waals surface area contributed by atoms with Crippen molar-refractivity contribution in [1.29, 1.82) is 0 Å². The first kappa shape index (κ1) is 17.1. The maximum atomic E-state index is 11.1. The summed E-state index contributed by atoms with van der Waals surface area (Å²) in [7, 11) is 0. The third-order valence-corrected chi connectivity index (χ3v) is 3.52. The lowest BCUT2D eigenvalue weighted by Crippen LogP contribution is -2.29. The van der Waals surface area contributed by atoms with Gasteiger partial charge in [0, 0.05) is 6.42 Å². The van der Waals surface area contributed by atoms with Gasteiger partial charge < -0.3 is 23.7 Å². The Bertz CT molecular complexity index is 459. The van der Waals surface area contributed by atoms with Crippen LogP contribution in [0.4, 0.5) is 0 Å². The molecule has 1 aromatic carbocycles. The highest BCUT2D eigenvalue weighted by atomic mass is 16.8. The molecule has 0 spiro atoms. The van der Waals surface area contributed by atoms with E-state index in [4.69, 9.17) is 18.9 Å². The average molecular weight is 308 g/mol. The lowest BCUT2D eigenvalue weighted by Gasteiger charge is -2.19. The van der Waals surface area contributed by atoms with E-state index in [-0.39, 0.29) is 19.0 Å². The minimum atomic E-state index is -0.610. The number of hydrogen-bond donors (Lipinski definition) is 0. The Kier molecular flexibility index (Phi) is 6.08. The predicted molar refractivity (Wildman–Crippen MR) is 81.2 cm³/mol. The third-order valence-electron chi connectivity index (χ3n) is 3.52. The van der Waals surface area contributed by atoms with E-state index in [1.807, 2.05) is 51.1 Å². The third kappa shape index (κ3) is 5.18. The number of carbonyl (C=O) groups excluding carboxylic acids is 1. The molecule has 22 heavy (non-hydrogen) atoms. The van der Waals surface area contributed by atoms with Gasteiger partial charge in [-0.05, 0) is 26.3 Å². The van der Waals surface area contributed by atoms with E-state index in [1.54, 1.807) is 0 Å². The Hall–Kier alpha value is -1.27. The van der Waals surface area contributed by atoms with Gasteiger partial charge in [-0.25, -0.2) is 0 Å². The fourth-order valence-electron chi connectivity index (χ4n) is 2.51. The standard InChI is InChI=1S/C17H24O5/c1-13-16(22-17(2,3)21-13)9-15(10-18)20-12-19-11-14-7-5-4-6-8-14/h4-8,10,13,15-16H,9,11-12H2,1-3H3/t13-,15-,16-/m1/s1. The van der Waals surface area contributed by atoms with Crippen LogP contribution in [0.5, 0.6) is 0 Å². The first-order chi connectivity index (χ1) is 10.5. The van der Waals surface area contributed by atoms with Crippen molar-refractivity contribution in [1.82, 2.24) is 0 Å². The second kappa shape index (κ2) is 7.83. The zero-order chi connectivity index (χ0) is 16.0. The van der Waals surface area contributed by atoms with Crippen LogP contribution in [0.2, 0.25) is 0 Å². The molecule has 5 nitrogen and oxygen atoms in total. The van der Waals surface area contributed by atoms with E-state index in [9.17, 15) is 4.79 Å². The number of aldehydes is 1. The highest BCUT2D eigenvalue weighted by molar-refractivity contribution is 5.56. The molecule has 0 aliphatic carbocycles. The van der Waals surface area contributed by atoms with Gasteiger partial charge in [0.2, 0.25) is 0 Å². The minimum absolute atomic E-state index is 0.0636. The number of carbonyl (C=O) groups is 1. The van der Waals surface area contributed by atoms with Gasteiger partial charge in [-0.1, -0.05) is 30.3 Å². The molecule has 0 amide bonds. The first-order valence-corrected chi connectivity index (χ1v) is 7.54. The van der Waals surface area contributed by atoms with Crippen molar-refractivity contribution in [3.05, 3.63) is 35.9 Å². The zero-order valence-corrected chi connectivity index (χ0v) is 13.4. The number of hydrogen-bond acceptors (Lipinski definition) is 5. The predicted octanol–water partition coefficient (Wildman–Crippen LogP) is 2.67. The van der Waals surface area contributed by atoms with E-state index in [1.165, 1.54) is 0 Å². The Morgan fingerprint density at radius 3 is 2.59 bits per heavy atom. The highest BCUT2D eigenvalue weighted by Crippen LogP contribution is 2.30. The maximum Gasteiger partial charge on any atom is 0.163 e. The molecule has 0 saturated carbocycles. The summed E-state index contributed by atoms with van der Waals surface area (Å²) in [4.78, 5) is 11.1. The molecule has 3 atom stereocenters. The van der Waals surface area contributed by atoms with Crippen LogP contribution in [0, 0.1) is 0 Å². The molecule has 1 heterocycles. The Balaban J connectivity index is 1.70. The van der Waals surface area contributed by atoms with Crippen LogP contribution in [0.1, 0.15) is 32.8 Å². The molecule has 122 valence electrons. The molecule has 1 fully saturated rings. The average Bonchev–Trinajstić information content (AvgIpc) is 2.75. The van der Waals surface area contributed by atoms with Crippen molar-refractivity contribution in [3.63, 3.8) is 0 Å². The molecule has 1 aromatic rings. The summed E-state index contributed by atoms with van der Waals surface area (Å²) in [6, 6.07) is 9.81. The molecule has 5 heteroatoms. The lowest BCUT2D eigenvalue weighted by atomic mass is 10.1. The van der Waals surface area contributed by atoms with E-state index >= 15 is 0 Å². The van der Waals surface area contributed by atoms with Crippen molar-refractivity contribution >= 4 is 6.29 Å². The summed E-state index contributed by atoms with van der Waals surface area (Å²) in [5.74, 6) is -0.610. The smallest absolute Gasteiger partial charge is 0.163 e. The summed E-state index contributed by atoms with van der Waals surface area (Å²) in [6.45, 7) is 6.20. The summed E-state index contributed by atoms with van der Waals surface area (Å²) in [5.41, 5.74) is 1.07. The minimum Gasteiger partial charge on any atom is -0.351 e. The fraction of sp³-hybridized carbons (Fsp3) is 0.588. The second-order valence-electron chi connectivity index (χ2n) is 5.91. The van der Waals surface area contributed by atoms with Gasteiger partial charge in [0.15, 0.2) is 5.79 Å². The van der Waals surface area contributed by atoms with Crippen LogP contribution in [0.3, 0.4) is 0 Å². The summed E-state index contributed by atoms with van der Waals surface area (Å²) < 4.78 is 22.3. The van der Waals surface area contributed by atoms with Crippen LogP contribution in [-0.2, 0) is 30.3 Å². The van der Waals surface area contributed by atoms with Gasteiger partial charge >= 0.3 is 0 Å². The van der Waals surface area contributed by atoms with E-state index < -0.39 is 11.9 Å². The van der Waals surface area contributed by atoms with Crippen LogP contribution in [0.15, 0.2) is 30.3 Å². The second-order valence-corrected chi connectivity index (χ2v) is 5.91. The largest absolute Gasteiger partial charge is 0.351 e. The van der Waals surface area contributed by atoms with E-state index in [0.717, 1.165) is 11.8 Å². The SMILES string of the molecule is C[C@H]1OC(C)(C)O[C@@H]1C[C@H](C=O)OCOCc1ccccc1. The van der Waals surface area contributed by atoms with Gasteiger partial charge in [-0.2, -0.15) is 0 Å². The Labute approximate surface area is 131 Å². The molecular formula is C17H24O5. The molecule has 1 aliphatic rings. The van der Waals surface area contributed by atoms with Crippen molar-refractivity contribution in [2.75, 3.05) is 6.79 Å². The summed E-state index contributed by atoms with van der Waals surface area (Å²) >= 11 is 0. The topological polar surface area (TPSA) is 54.0 Å². The van der Waals surface area contributed by atoms with E-state index in [0.29, 0.717) is 13.0 Å². The van der Waals surface area contributed by atoms with Gasteiger partial charge in [-0.3, -0.25) is 0 Å². The molecule has 0 bridgehead atoms. The Morgan fingerprint density at radius 1 is 1.27 bits per heavy atom. The van der Waals surface area contributed by atoms with Gasteiger partial charge in [0.05, 0.1) is 18.8 Å². The highest BCUT2D eigenvalue weighted by Gasteiger charge is 2.39. The lowest BCUT2D eigenvalue weighted by molar-refractivity contribution is -0.154. The van der Waals surface area contributed by atoms with Crippen molar-refractivity contribution in [2.45, 2.75) is 57.9 Å². The molecular weight excluding hydrogens is 284 g/mol. The maximum absolute atomic E-state index is 11.1. The molecule has 0 aromatic heterocycles.